The zero-order chi connectivity index (χ0) is 23.8. The summed E-state index contributed by atoms with van der Waals surface area (Å²) in [5, 5.41) is 0. The zero-order valence-electron chi connectivity index (χ0n) is 21.0. The van der Waals surface area contributed by atoms with Gasteiger partial charge in [-0.05, 0) is 63.3 Å². The fourth-order valence-electron chi connectivity index (χ4n) is 3.86. The van der Waals surface area contributed by atoms with Crippen LogP contribution in [0.15, 0.2) is 42.6 Å². The van der Waals surface area contributed by atoms with Crippen LogP contribution in [-0.4, -0.2) is 44.8 Å². The molecule has 0 aliphatic rings. The molecule has 5 heteroatoms. The molecule has 1 atom stereocenters. The Morgan fingerprint density at radius 3 is 2.22 bits per heavy atom. The van der Waals surface area contributed by atoms with Crippen LogP contribution in [0.25, 0.3) is 0 Å². The lowest BCUT2D eigenvalue weighted by molar-refractivity contribution is -0.144. The van der Waals surface area contributed by atoms with Crippen LogP contribution >= 0.6 is 0 Å². The average molecular weight is 440 g/mol. The molecule has 0 radical (unpaired) electrons. The van der Waals surface area contributed by atoms with Crippen LogP contribution in [0.1, 0.15) is 71.2 Å². The van der Waals surface area contributed by atoms with E-state index >= 15 is 0 Å². The Labute approximate surface area is 194 Å². The first-order chi connectivity index (χ1) is 15.1. The second-order valence-electron chi connectivity index (χ2n) is 9.55. The first-order valence-electron chi connectivity index (χ1n) is 11.9. The minimum atomic E-state index is -0.00565. The third-order valence-electron chi connectivity index (χ3n) is 6.13. The van der Waals surface area contributed by atoms with Gasteiger partial charge in [-0.15, -0.1) is 0 Å². The largest absolute Gasteiger partial charge is 0.345 e. The fraction of sp³-hybridized carbons (Fsp3) is 0.556. The van der Waals surface area contributed by atoms with Crippen LogP contribution in [-0.2, 0) is 22.7 Å². The summed E-state index contributed by atoms with van der Waals surface area (Å²) in [5.41, 5.74) is 3.64. The van der Waals surface area contributed by atoms with Gasteiger partial charge in [-0.3, -0.25) is 9.59 Å². The molecule has 0 aliphatic heterocycles. The second kappa shape index (κ2) is 11.9. The molecule has 1 aromatic carbocycles. The number of aryl methyl sites for hydroxylation is 1. The van der Waals surface area contributed by atoms with E-state index in [0.29, 0.717) is 13.0 Å². The van der Waals surface area contributed by atoms with Crippen molar-refractivity contribution in [2.75, 3.05) is 6.54 Å². The van der Waals surface area contributed by atoms with Crippen molar-refractivity contribution in [2.24, 2.45) is 5.92 Å². The average Bonchev–Trinajstić information content (AvgIpc) is 3.17. The summed E-state index contributed by atoms with van der Waals surface area (Å²) >= 11 is 0. The van der Waals surface area contributed by atoms with Gasteiger partial charge in [0.05, 0.1) is 13.1 Å². The third kappa shape index (κ3) is 6.98. The maximum atomic E-state index is 13.4. The Hall–Kier alpha value is -2.56. The summed E-state index contributed by atoms with van der Waals surface area (Å²) < 4.78 is 2.22. The van der Waals surface area contributed by atoms with Crippen LogP contribution in [0.5, 0.6) is 0 Å². The smallest absolute Gasteiger partial charge is 0.242 e. The molecule has 1 heterocycles. The number of amides is 2. The second-order valence-corrected chi connectivity index (χ2v) is 9.55. The first kappa shape index (κ1) is 25.7. The normalized spacial score (nSPS) is 12.3. The number of rotatable bonds is 11. The van der Waals surface area contributed by atoms with Gasteiger partial charge >= 0.3 is 0 Å². The number of aromatic nitrogens is 1. The highest BCUT2D eigenvalue weighted by Crippen LogP contribution is 2.17. The van der Waals surface area contributed by atoms with E-state index in [2.05, 4.69) is 61.9 Å². The van der Waals surface area contributed by atoms with Gasteiger partial charge in [-0.1, -0.05) is 45.0 Å². The van der Waals surface area contributed by atoms with Crippen LogP contribution in [0.3, 0.4) is 0 Å². The molecule has 2 aromatic rings. The molecule has 0 aliphatic carbocycles. The lowest BCUT2D eigenvalue weighted by Gasteiger charge is -2.33. The van der Waals surface area contributed by atoms with Crippen molar-refractivity contribution in [2.45, 2.75) is 86.5 Å². The van der Waals surface area contributed by atoms with Gasteiger partial charge in [0, 0.05) is 36.9 Å². The Kier molecular flexibility index (Phi) is 9.55. The molecule has 32 heavy (non-hydrogen) atoms. The van der Waals surface area contributed by atoms with Gasteiger partial charge in [0.1, 0.15) is 0 Å². The van der Waals surface area contributed by atoms with Crippen molar-refractivity contribution in [1.82, 2.24) is 14.4 Å². The highest BCUT2D eigenvalue weighted by Gasteiger charge is 2.26. The van der Waals surface area contributed by atoms with Crippen molar-refractivity contribution >= 4 is 11.8 Å². The van der Waals surface area contributed by atoms with Crippen molar-refractivity contribution in [3.63, 3.8) is 0 Å². The van der Waals surface area contributed by atoms with E-state index in [4.69, 9.17) is 0 Å². The number of hydrogen-bond donors (Lipinski definition) is 0. The summed E-state index contributed by atoms with van der Waals surface area (Å²) in [5.74, 6) is 0.332. The van der Waals surface area contributed by atoms with Crippen molar-refractivity contribution < 1.29 is 9.59 Å². The van der Waals surface area contributed by atoms with Gasteiger partial charge in [0.2, 0.25) is 11.8 Å². The van der Waals surface area contributed by atoms with Crippen molar-refractivity contribution in [1.29, 1.82) is 0 Å². The fourth-order valence-corrected chi connectivity index (χ4v) is 3.86. The molecular weight excluding hydrogens is 398 g/mol. The Bertz CT molecular complexity index is 885. The molecule has 0 fully saturated rings. The minimum Gasteiger partial charge on any atom is -0.345 e. The van der Waals surface area contributed by atoms with E-state index in [-0.39, 0.29) is 36.4 Å². The standard InChI is InChI=1S/C27H41N3O2/c1-8-23(7)30(27(32)19-29(21(4)5)26(31)16-20(2)3)18-25-14-11-15-28(25)17-24-13-10-9-12-22(24)6/h9-15,20-21,23H,8,16-19H2,1-7H3/t23-/m1/s1. The zero-order valence-corrected chi connectivity index (χ0v) is 21.0. The maximum Gasteiger partial charge on any atom is 0.242 e. The first-order valence-corrected chi connectivity index (χ1v) is 11.9. The van der Waals surface area contributed by atoms with Gasteiger partial charge in [0.15, 0.2) is 0 Å². The molecule has 2 amide bonds. The van der Waals surface area contributed by atoms with Crippen molar-refractivity contribution in [3.05, 3.63) is 59.4 Å². The molecule has 176 valence electrons. The molecule has 5 nitrogen and oxygen atoms in total. The molecule has 1 aromatic heterocycles. The summed E-state index contributed by atoms with van der Waals surface area (Å²) in [7, 11) is 0. The predicted octanol–water partition coefficient (Wildman–Crippen LogP) is 5.26. The quantitative estimate of drug-likeness (QED) is 0.480. The topological polar surface area (TPSA) is 45.6 Å². The molecule has 0 saturated carbocycles. The minimum absolute atomic E-state index is 0.00565. The maximum absolute atomic E-state index is 13.4. The van der Waals surface area contributed by atoms with E-state index in [9.17, 15) is 9.59 Å². The summed E-state index contributed by atoms with van der Waals surface area (Å²) in [6.07, 6.45) is 3.41. The number of benzene rings is 1. The lowest BCUT2D eigenvalue weighted by Crippen LogP contribution is -2.48. The predicted molar refractivity (Wildman–Crippen MR) is 131 cm³/mol. The summed E-state index contributed by atoms with van der Waals surface area (Å²) in [4.78, 5) is 29.8. The van der Waals surface area contributed by atoms with Crippen LogP contribution in [0.2, 0.25) is 0 Å². The lowest BCUT2D eigenvalue weighted by atomic mass is 10.1. The van der Waals surface area contributed by atoms with Crippen molar-refractivity contribution in [3.8, 4) is 0 Å². The molecule has 0 bridgehead atoms. The molecule has 0 saturated heterocycles. The number of nitrogens with zero attached hydrogens (tertiary/aromatic N) is 3. The molecule has 0 spiro atoms. The van der Waals surface area contributed by atoms with Crippen LogP contribution in [0.4, 0.5) is 0 Å². The monoisotopic (exact) mass is 439 g/mol. The number of hydrogen-bond acceptors (Lipinski definition) is 2. The van der Waals surface area contributed by atoms with E-state index in [1.807, 2.05) is 38.7 Å². The molecule has 0 N–H and O–H groups in total. The van der Waals surface area contributed by atoms with Crippen LogP contribution < -0.4 is 0 Å². The summed E-state index contributed by atoms with van der Waals surface area (Å²) in [6.45, 7) is 15.8. The number of carbonyl (C=O) groups excluding carboxylic acids is 2. The summed E-state index contributed by atoms with van der Waals surface area (Å²) in [6, 6.07) is 12.6. The van der Waals surface area contributed by atoms with Gasteiger partial charge in [-0.2, -0.15) is 0 Å². The van der Waals surface area contributed by atoms with Gasteiger partial charge < -0.3 is 14.4 Å². The Morgan fingerprint density at radius 1 is 0.938 bits per heavy atom. The third-order valence-corrected chi connectivity index (χ3v) is 6.13. The SMILES string of the molecule is CC[C@@H](C)N(Cc1cccn1Cc1ccccc1C)C(=O)CN(C(=O)CC(C)C)C(C)C. The van der Waals surface area contributed by atoms with E-state index in [1.54, 1.807) is 4.90 Å². The molecule has 2 rings (SSSR count). The highest BCUT2D eigenvalue weighted by molar-refractivity contribution is 5.85. The van der Waals surface area contributed by atoms with Gasteiger partial charge in [0.25, 0.3) is 0 Å². The van der Waals surface area contributed by atoms with E-state index < -0.39 is 0 Å². The number of carbonyl (C=O) groups is 2. The Balaban J connectivity index is 2.21. The molecule has 0 unspecified atom stereocenters. The van der Waals surface area contributed by atoms with Gasteiger partial charge in [-0.25, -0.2) is 0 Å². The highest BCUT2D eigenvalue weighted by atomic mass is 16.2. The Morgan fingerprint density at radius 2 is 1.62 bits per heavy atom. The van der Waals surface area contributed by atoms with E-state index in [0.717, 1.165) is 18.7 Å². The molecular formula is C27H41N3O2. The van der Waals surface area contributed by atoms with E-state index in [1.165, 1.54) is 11.1 Å². The van der Waals surface area contributed by atoms with Crippen LogP contribution in [0, 0.1) is 12.8 Å².